The van der Waals surface area contributed by atoms with Crippen molar-refractivity contribution in [2.45, 2.75) is 25.7 Å². The van der Waals surface area contributed by atoms with E-state index >= 15 is 0 Å². The highest BCUT2D eigenvalue weighted by Crippen LogP contribution is 2.38. The number of nitrogens with two attached hydrogens (primary N) is 1. The van der Waals surface area contributed by atoms with Gasteiger partial charge >= 0.3 is 5.97 Å². The van der Waals surface area contributed by atoms with Crippen molar-refractivity contribution in [3.8, 4) is 0 Å². The number of hydrogen-bond acceptors (Lipinski definition) is 4. The molecule has 2 N–H and O–H groups in total. The van der Waals surface area contributed by atoms with Crippen molar-refractivity contribution in [2.75, 3.05) is 26.9 Å². The molecule has 0 aromatic heterocycles. The number of carbonyl (C=O) groups is 1. The van der Waals surface area contributed by atoms with Crippen LogP contribution in [0.3, 0.4) is 0 Å². The van der Waals surface area contributed by atoms with Crippen LogP contribution in [0.5, 0.6) is 0 Å². The molecule has 0 heterocycles. The molecule has 0 amide bonds. The van der Waals surface area contributed by atoms with Gasteiger partial charge in [-0.05, 0) is 12.8 Å². The molecule has 0 saturated heterocycles. The number of esters is 1. The number of carbonyl (C=O) groups excluding carboxylic acids is 1. The van der Waals surface area contributed by atoms with Crippen molar-refractivity contribution in [2.24, 2.45) is 11.1 Å². The maximum Gasteiger partial charge on any atom is 0.313 e. The fraction of sp³-hybridized carbons (Fsp3) is 0.900. The highest BCUT2D eigenvalue weighted by atomic mass is 16.6. The Kier molecular flexibility index (Phi) is 4.35. The molecule has 1 saturated carbocycles. The zero-order chi connectivity index (χ0) is 10.4. The SMILES string of the molecule is COCCOC(=O)C1(CN)CCCC1. The molecule has 0 bridgehead atoms. The maximum atomic E-state index is 11.7. The summed E-state index contributed by atoms with van der Waals surface area (Å²) >= 11 is 0. The monoisotopic (exact) mass is 201 g/mol. The van der Waals surface area contributed by atoms with E-state index in [2.05, 4.69) is 0 Å². The molecule has 0 radical (unpaired) electrons. The van der Waals surface area contributed by atoms with Gasteiger partial charge in [0.2, 0.25) is 0 Å². The lowest BCUT2D eigenvalue weighted by atomic mass is 9.86. The second kappa shape index (κ2) is 5.32. The van der Waals surface area contributed by atoms with Crippen LogP contribution < -0.4 is 5.73 Å². The van der Waals surface area contributed by atoms with Crippen LogP contribution in [-0.4, -0.2) is 32.8 Å². The molecule has 1 aliphatic carbocycles. The summed E-state index contributed by atoms with van der Waals surface area (Å²) in [6.07, 6.45) is 3.90. The van der Waals surface area contributed by atoms with Crippen LogP contribution in [0.2, 0.25) is 0 Å². The van der Waals surface area contributed by atoms with Gasteiger partial charge in [0.05, 0.1) is 12.0 Å². The smallest absolute Gasteiger partial charge is 0.313 e. The molecule has 0 aliphatic heterocycles. The molecule has 14 heavy (non-hydrogen) atoms. The quantitative estimate of drug-likeness (QED) is 0.525. The highest BCUT2D eigenvalue weighted by molar-refractivity contribution is 5.77. The van der Waals surface area contributed by atoms with Crippen LogP contribution in [0.1, 0.15) is 25.7 Å². The lowest BCUT2D eigenvalue weighted by Crippen LogP contribution is -2.37. The second-order valence-corrected chi connectivity index (χ2v) is 3.82. The van der Waals surface area contributed by atoms with E-state index in [1.807, 2.05) is 0 Å². The molecular weight excluding hydrogens is 182 g/mol. The van der Waals surface area contributed by atoms with E-state index < -0.39 is 5.41 Å². The zero-order valence-electron chi connectivity index (χ0n) is 8.75. The van der Waals surface area contributed by atoms with Crippen LogP contribution in [0, 0.1) is 5.41 Å². The molecule has 4 heteroatoms. The third kappa shape index (κ3) is 2.45. The van der Waals surface area contributed by atoms with Gasteiger partial charge in [-0.2, -0.15) is 0 Å². The maximum absolute atomic E-state index is 11.7. The molecule has 0 aromatic rings. The zero-order valence-corrected chi connectivity index (χ0v) is 8.75. The third-order valence-electron chi connectivity index (χ3n) is 2.91. The number of hydrogen-bond donors (Lipinski definition) is 1. The minimum Gasteiger partial charge on any atom is -0.463 e. The molecule has 1 aliphatic rings. The van der Waals surface area contributed by atoms with Crippen molar-refractivity contribution < 1.29 is 14.3 Å². The Morgan fingerprint density at radius 1 is 1.36 bits per heavy atom. The van der Waals surface area contributed by atoms with Crippen molar-refractivity contribution in [1.82, 2.24) is 0 Å². The summed E-state index contributed by atoms with van der Waals surface area (Å²) in [7, 11) is 1.59. The number of rotatable bonds is 5. The van der Waals surface area contributed by atoms with Gasteiger partial charge in [-0.3, -0.25) is 4.79 Å². The Balaban J connectivity index is 2.40. The van der Waals surface area contributed by atoms with Crippen LogP contribution in [-0.2, 0) is 14.3 Å². The molecule has 82 valence electrons. The minimum atomic E-state index is -0.395. The van der Waals surface area contributed by atoms with Gasteiger partial charge in [0.1, 0.15) is 6.61 Å². The van der Waals surface area contributed by atoms with Crippen LogP contribution in [0.4, 0.5) is 0 Å². The summed E-state index contributed by atoms with van der Waals surface area (Å²) in [6, 6.07) is 0. The Labute approximate surface area is 84.7 Å². The predicted octanol–water partition coefficient (Wildman–Crippen LogP) is 0.695. The molecule has 1 rings (SSSR count). The normalized spacial score (nSPS) is 19.6. The van der Waals surface area contributed by atoms with Gasteiger partial charge in [-0.1, -0.05) is 12.8 Å². The first-order chi connectivity index (χ1) is 6.75. The second-order valence-electron chi connectivity index (χ2n) is 3.82. The lowest BCUT2D eigenvalue weighted by Gasteiger charge is -2.24. The predicted molar refractivity (Wildman–Crippen MR) is 52.8 cm³/mol. The number of ether oxygens (including phenoxy) is 2. The molecule has 0 spiro atoms. The van der Waals surface area contributed by atoms with Gasteiger partial charge in [-0.25, -0.2) is 0 Å². The van der Waals surface area contributed by atoms with Crippen LogP contribution in [0.25, 0.3) is 0 Å². The lowest BCUT2D eigenvalue weighted by molar-refractivity contribution is -0.156. The first-order valence-corrected chi connectivity index (χ1v) is 5.11. The minimum absolute atomic E-state index is 0.144. The fourth-order valence-electron chi connectivity index (χ4n) is 1.91. The summed E-state index contributed by atoms with van der Waals surface area (Å²) in [4.78, 5) is 11.7. The Morgan fingerprint density at radius 2 is 2.00 bits per heavy atom. The molecule has 4 nitrogen and oxygen atoms in total. The fourth-order valence-corrected chi connectivity index (χ4v) is 1.91. The van der Waals surface area contributed by atoms with E-state index in [1.165, 1.54) is 0 Å². The average molecular weight is 201 g/mol. The number of methoxy groups -OCH3 is 1. The molecule has 0 aromatic carbocycles. The topological polar surface area (TPSA) is 61.5 Å². The van der Waals surface area contributed by atoms with Gasteiger partial charge < -0.3 is 15.2 Å². The first-order valence-electron chi connectivity index (χ1n) is 5.11. The van der Waals surface area contributed by atoms with E-state index in [1.54, 1.807) is 7.11 Å². The largest absolute Gasteiger partial charge is 0.463 e. The Bertz CT molecular complexity index is 188. The molecule has 0 unspecified atom stereocenters. The van der Waals surface area contributed by atoms with E-state index in [0.717, 1.165) is 25.7 Å². The Morgan fingerprint density at radius 3 is 2.50 bits per heavy atom. The van der Waals surface area contributed by atoms with Crippen molar-refractivity contribution in [1.29, 1.82) is 0 Å². The third-order valence-corrected chi connectivity index (χ3v) is 2.91. The van der Waals surface area contributed by atoms with Gasteiger partial charge in [0.25, 0.3) is 0 Å². The van der Waals surface area contributed by atoms with Gasteiger partial charge in [-0.15, -0.1) is 0 Å². The standard InChI is InChI=1S/C10H19NO3/c1-13-6-7-14-9(12)10(8-11)4-2-3-5-10/h2-8,11H2,1H3. The van der Waals surface area contributed by atoms with E-state index in [9.17, 15) is 4.79 Å². The summed E-state index contributed by atoms with van der Waals surface area (Å²) in [5.41, 5.74) is 5.25. The Hall–Kier alpha value is -0.610. The van der Waals surface area contributed by atoms with E-state index in [0.29, 0.717) is 19.8 Å². The van der Waals surface area contributed by atoms with Crippen LogP contribution in [0.15, 0.2) is 0 Å². The molecule has 1 fully saturated rings. The van der Waals surface area contributed by atoms with Crippen molar-refractivity contribution >= 4 is 5.97 Å². The summed E-state index contributed by atoms with van der Waals surface area (Å²) < 4.78 is 9.93. The van der Waals surface area contributed by atoms with E-state index in [-0.39, 0.29) is 5.97 Å². The van der Waals surface area contributed by atoms with E-state index in [4.69, 9.17) is 15.2 Å². The van der Waals surface area contributed by atoms with Crippen molar-refractivity contribution in [3.63, 3.8) is 0 Å². The summed E-state index contributed by atoms with van der Waals surface area (Å²) in [5, 5.41) is 0. The molecule has 0 atom stereocenters. The summed E-state index contributed by atoms with van der Waals surface area (Å²) in [6.45, 7) is 1.18. The highest BCUT2D eigenvalue weighted by Gasteiger charge is 2.41. The summed E-state index contributed by atoms with van der Waals surface area (Å²) in [5.74, 6) is -0.144. The van der Waals surface area contributed by atoms with Gasteiger partial charge in [0, 0.05) is 13.7 Å². The first kappa shape index (κ1) is 11.5. The average Bonchev–Trinajstić information content (AvgIpc) is 2.67. The van der Waals surface area contributed by atoms with Gasteiger partial charge in [0.15, 0.2) is 0 Å². The van der Waals surface area contributed by atoms with Crippen molar-refractivity contribution in [3.05, 3.63) is 0 Å². The van der Waals surface area contributed by atoms with Crippen LogP contribution >= 0.6 is 0 Å². The molecular formula is C10H19NO3.